The van der Waals surface area contributed by atoms with Crippen molar-refractivity contribution in [1.82, 2.24) is 10.6 Å². The second-order valence-electron chi connectivity index (χ2n) is 8.58. The Morgan fingerprint density at radius 1 is 1.14 bits per heavy atom. The molecule has 11 heteroatoms. The molecule has 0 unspecified atom stereocenters. The average Bonchev–Trinajstić information content (AvgIpc) is 2.82. The summed E-state index contributed by atoms with van der Waals surface area (Å²) in [7, 11) is 0. The second kappa shape index (κ2) is 12.7. The number of nitro benzene ring substituents is 1. The van der Waals surface area contributed by atoms with Gasteiger partial charge < -0.3 is 24.8 Å². The van der Waals surface area contributed by atoms with Gasteiger partial charge in [0.05, 0.1) is 35.3 Å². The maximum Gasteiger partial charge on any atom is 0.413 e. The van der Waals surface area contributed by atoms with Gasteiger partial charge in [-0.25, -0.2) is 14.4 Å². The topological polar surface area (TPSA) is 146 Å². The number of nitro groups is 1. The molecule has 0 bridgehead atoms. The highest BCUT2D eigenvalue weighted by molar-refractivity contribution is 5.93. The molecule has 1 amide bonds. The van der Waals surface area contributed by atoms with Crippen LogP contribution < -0.4 is 10.6 Å². The summed E-state index contributed by atoms with van der Waals surface area (Å²) >= 11 is 0. The molecule has 1 aromatic rings. The van der Waals surface area contributed by atoms with Gasteiger partial charge in [0.2, 0.25) is 0 Å². The maximum atomic E-state index is 13.0. The molecule has 1 aliphatic heterocycles. The van der Waals surface area contributed by atoms with E-state index in [2.05, 4.69) is 10.6 Å². The molecule has 0 fully saturated rings. The summed E-state index contributed by atoms with van der Waals surface area (Å²) in [5.74, 6) is -2.45. The summed E-state index contributed by atoms with van der Waals surface area (Å²) in [6.45, 7) is 10.6. The van der Waals surface area contributed by atoms with Crippen molar-refractivity contribution < 1.29 is 33.5 Å². The highest BCUT2D eigenvalue weighted by Gasteiger charge is 2.38. The Hall–Kier alpha value is -3.89. The van der Waals surface area contributed by atoms with E-state index in [1.54, 1.807) is 40.7 Å². The number of dihydropyridines is 1. The van der Waals surface area contributed by atoms with E-state index in [4.69, 9.17) is 14.2 Å². The summed E-state index contributed by atoms with van der Waals surface area (Å²) in [6.07, 6.45) is -0.341. The molecule has 0 aromatic heterocycles. The largest absolute Gasteiger partial charge is 0.464 e. The molecule has 1 aromatic carbocycles. The molecule has 2 atom stereocenters. The first-order valence-electron chi connectivity index (χ1n) is 11.8. The van der Waals surface area contributed by atoms with Crippen LogP contribution in [0.25, 0.3) is 0 Å². The van der Waals surface area contributed by atoms with E-state index in [1.165, 1.54) is 18.2 Å². The lowest BCUT2D eigenvalue weighted by Gasteiger charge is -2.31. The highest BCUT2D eigenvalue weighted by atomic mass is 16.6. The molecule has 2 N–H and O–H groups in total. The van der Waals surface area contributed by atoms with Crippen LogP contribution in [-0.4, -0.2) is 42.2 Å². The van der Waals surface area contributed by atoms with Crippen LogP contribution in [0.5, 0.6) is 0 Å². The monoisotopic (exact) mass is 503 g/mol. The number of ether oxygens (including phenoxy) is 3. The number of hydrogen-bond donors (Lipinski definition) is 2. The Bertz CT molecular complexity index is 1080. The molecule has 36 heavy (non-hydrogen) atoms. The second-order valence-corrected chi connectivity index (χ2v) is 8.58. The number of carbonyl (C=O) groups excluding carboxylic acids is 3. The number of rotatable bonds is 10. The van der Waals surface area contributed by atoms with Gasteiger partial charge >= 0.3 is 18.0 Å². The van der Waals surface area contributed by atoms with E-state index in [-0.39, 0.29) is 36.2 Å². The van der Waals surface area contributed by atoms with Gasteiger partial charge in [0.15, 0.2) is 0 Å². The van der Waals surface area contributed by atoms with Gasteiger partial charge in [0.1, 0.15) is 11.8 Å². The minimum atomic E-state index is -0.971. The summed E-state index contributed by atoms with van der Waals surface area (Å²) in [5, 5.41) is 17.0. The zero-order valence-electron chi connectivity index (χ0n) is 21.4. The smallest absolute Gasteiger partial charge is 0.413 e. The number of nitrogens with zero attached hydrogens (tertiary/aromatic N) is 1. The number of carbonyl (C=O) groups is 3. The van der Waals surface area contributed by atoms with E-state index in [9.17, 15) is 24.5 Å². The van der Waals surface area contributed by atoms with Crippen LogP contribution in [-0.2, 0) is 23.8 Å². The van der Waals surface area contributed by atoms with E-state index < -0.39 is 34.9 Å². The van der Waals surface area contributed by atoms with Crippen LogP contribution >= 0.6 is 0 Å². The van der Waals surface area contributed by atoms with Crippen LogP contribution in [0.3, 0.4) is 0 Å². The van der Waals surface area contributed by atoms with Crippen molar-refractivity contribution in [3.05, 3.63) is 62.7 Å². The van der Waals surface area contributed by atoms with Gasteiger partial charge in [0, 0.05) is 17.8 Å². The van der Waals surface area contributed by atoms with Gasteiger partial charge in [-0.15, -0.1) is 0 Å². The van der Waals surface area contributed by atoms with Crippen molar-refractivity contribution in [3.8, 4) is 0 Å². The lowest BCUT2D eigenvalue weighted by Crippen LogP contribution is -2.46. The Kier molecular flexibility index (Phi) is 10.0. The lowest BCUT2D eigenvalue weighted by atomic mass is 9.85. The molecule has 1 aliphatic rings. The predicted octanol–water partition coefficient (Wildman–Crippen LogP) is 4.05. The van der Waals surface area contributed by atoms with Crippen LogP contribution in [0, 0.1) is 16.0 Å². The van der Waals surface area contributed by atoms with Crippen LogP contribution in [0.1, 0.15) is 59.4 Å². The summed E-state index contributed by atoms with van der Waals surface area (Å²) in [5.41, 5.74) is 1.21. The third kappa shape index (κ3) is 6.83. The normalized spacial score (nSPS) is 16.2. The lowest BCUT2D eigenvalue weighted by molar-refractivity contribution is -0.384. The van der Waals surface area contributed by atoms with E-state index in [1.807, 2.05) is 6.92 Å². The zero-order chi connectivity index (χ0) is 27.0. The molecular formula is C25H33N3O8. The molecule has 0 saturated carbocycles. The third-order valence-corrected chi connectivity index (χ3v) is 5.45. The van der Waals surface area contributed by atoms with Crippen LogP contribution in [0.4, 0.5) is 10.5 Å². The fourth-order valence-electron chi connectivity index (χ4n) is 3.78. The standard InChI is InChI=1S/C25H33N3O8/c1-7-12-35-23(29)19-15(5)26-16(6)22(20(19)17-10-9-11-18(13-17)28(32)33)36-25(31)27-21(14(3)4)24(30)34-8-2/h9-11,13-14,20-21,26H,7-8,12H2,1-6H3,(H,27,31)/t20-,21-/m0/s1. The highest BCUT2D eigenvalue weighted by Crippen LogP contribution is 2.40. The summed E-state index contributed by atoms with van der Waals surface area (Å²) in [6, 6.07) is 4.78. The minimum Gasteiger partial charge on any atom is -0.464 e. The van der Waals surface area contributed by atoms with Gasteiger partial charge in [0.25, 0.3) is 5.69 Å². The van der Waals surface area contributed by atoms with Crippen molar-refractivity contribution in [2.45, 2.75) is 59.9 Å². The first kappa shape index (κ1) is 28.3. The summed E-state index contributed by atoms with van der Waals surface area (Å²) < 4.78 is 16.1. The quantitative estimate of drug-likeness (QED) is 0.209. The maximum absolute atomic E-state index is 13.0. The Labute approximate surface area is 210 Å². The third-order valence-electron chi connectivity index (χ3n) is 5.45. The van der Waals surface area contributed by atoms with E-state index in [0.717, 1.165) is 0 Å². The Morgan fingerprint density at radius 3 is 2.42 bits per heavy atom. The molecule has 196 valence electrons. The zero-order valence-corrected chi connectivity index (χ0v) is 21.4. The number of benzene rings is 1. The van der Waals surface area contributed by atoms with Crippen molar-refractivity contribution >= 4 is 23.7 Å². The molecule has 0 radical (unpaired) electrons. The molecule has 2 rings (SSSR count). The van der Waals surface area contributed by atoms with Crippen molar-refractivity contribution in [3.63, 3.8) is 0 Å². The average molecular weight is 504 g/mol. The van der Waals surface area contributed by atoms with Gasteiger partial charge in [-0.2, -0.15) is 0 Å². The number of alkyl carbamates (subject to hydrolysis) is 1. The van der Waals surface area contributed by atoms with Gasteiger partial charge in [-0.05, 0) is 38.7 Å². The molecule has 0 saturated heterocycles. The van der Waals surface area contributed by atoms with Crippen LogP contribution in [0.2, 0.25) is 0 Å². The van der Waals surface area contributed by atoms with Crippen molar-refractivity contribution in [2.24, 2.45) is 5.92 Å². The SMILES string of the molecule is CCCOC(=O)C1=C(C)NC(C)=C(OC(=O)N[C@H](C(=O)OCC)C(C)C)[C@H]1c1cccc([N+](=O)[O-])c1. The van der Waals surface area contributed by atoms with Gasteiger partial charge in [-0.1, -0.05) is 32.9 Å². The number of allylic oxidation sites excluding steroid dienone is 3. The molecule has 1 heterocycles. The minimum absolute atomic E-state index is 0.0495. The number of non-ortho nitro benzene ring substituents is 1. The molecular weight excluding hydrogens is 470 g/mol. The fraction of sp³-hybridized carbons (Fsp3) is 0.480. The predicted molar refractivity (Wildman–Crippen MR) is 130 cm³/mol. The van der Waals surface area contributed by atoms with Crippen LogP contribution in [0.15, 0.2) is 47.0 Å². The fourth-order valence-corrected chi connectivity index (χ4v) is 3.78. The van der Waals surface area contributed by atoms with Gasteiger partial charge in [-0.3, -0.25) is 10.1 Å². The first-order chi connectivity index (χ1) is 17.0. The molecule has 0 spiro atoms. The summed E-state index contributed by atoms with van der Waals surface area (Å²) in [4.78, 5) is 49.1. The number of amides is 1. The van der Waals surface area contributed by atoms with Crippen molar-refractivity contribution in [2.75, 3.05) is 13.2 Å². The van der Waals surface area contributed by atoms with E-state index >= 15 is 0 Å². The number of esters is 2. The van der Waals surface area contributed by atoms with Crippen molar-refractivity contribution in [1.29, 1.82) is 0 Å². The van der Waals surface area contributed by atoms with E-state index in [0.29, 0.717) is 23.4 Å². The molecule has 0 aliphatic carbocycles. The first-order valence-corrected chi connectivity index (χ1v) is 11.8. The number of hydrogen-bond acceptors (Lipinski definition) is 9. The molecule has 11 nitrogen and oxygen atoms in total. The number of nitrogens with one attached hydrogen (secondary N) is 2. The Morgan fingerprint density at radius 2 is 1.83 bits per heavy atom. The Balaban J connectivity index is 2.50.